The zero-order valence-electron chi connectivity index (χ0n) is 22.6. The monoisotopic (exact) mass is 504 g/mol. The summed E-state index contributed by atoms with van der Waals surface area (Å²) in [6, 6.07) is 6.28. The van der Waals surface area contributed by atoms with Crippen molar-refractivity contribution in [2.45, 2.75) is 135 Å². The fourth-order valence-corrected chi connectivity index (χ4v) is 4.66. The first-order chi connectivity index (χ1) is 15.9. The number of rotatable bonds is 21. The summed E-state index contributed by atoms with van der Waals surface area (Å²) in [7, 11) is -4.26. The Morgan fingerprint density at radius 3 is 1.82 bits per heavy atom. The molecule has 0 radical (unpaired) electrons. The summed E-state index contributed by atoms with van der Waals surface area (Å²) in [5.41, 5.74) is 2.66. The third-order valence-corrected chi connectivity index (χ3v) is 7.81. The van der Waals surface area contributed by atoms with Crippen LogP contribution in [-0.4, -0.2) is 24.8 Å². The van der Waals surface area contributed by atoms with Crippen molar-refractivity contribution in [2.75, 3.05) is 6.61 Å². The van der Waals surface area contributed by atoms with Crippen LogP contribution < -0.4 is 34.3 Å². The third kappa shape index (κ3) is 15.8. The fourth-order valence-electron chi connectivity index (χ4n) is 4.27. The second-order valence-electron chi connectivity index (χ2n) is 9.58. The molecule has 0 heterocycles. The second kappa shape index (κ2) is 21.1. The maximum Gasteiger partial charge on any atom is 1.00 e. The summed E-state index contributed by atoms with van der Waals surface area (Å²) < 4.78 is 39.6. The zero-order chi connectivity index (χ0) is 24.4. The van der Waals surface area contributed by atoms with E-state index in [1.54, 1.807) is 0 Å². The number of aryl methyl sites for hydroxylation is 1. The van der Waals surface area contributed by atoms with Crippen LogP contribution in [0.2, 0.25) is 0 Å². The Labute approximate surface area is 233 Å². The van der Waals surface area contributed by atoms with E-state index in [-0.39, 0.29) is 42.6 Å². The Morgan fingerprint density at radius 2 is 1.29 bits per heavy atom. The molecule has 1 unspecified atom stereocenters. The van der Waals surface area contributed by atoms with Gasteiger partial charge in [-0.15, -0.1) is 0 Å². The average Bonchev–Trinajstić information content (AvgIpc) is 2.78. The van der Waals surface area contributed by atoms with Gasteiger partial charge >= 0.3 is 29.6 Å². The summed E-state index contributed by atoms with van der Waals surface area (Å²) in [6.45, 7) is 6.22. The van der Waals surface area contributed by atoms with E-state index in [4.69, 9.17) is 4.74 Å². The molecule has 0 aromatic heterocycles. The summed E-state index contributed by atoms with van der Waals surface area (Å²) in [4.78, 5) is 0. The first kappa shape index (κ1) is 33.9. The first-order valence-electron chi connectivity index (χ1n) is 13.6. The molecule has 1 aromatic rings. The minimum atomic E-state index is -4.26. The molecular formula is C28H49NaO4S. The van der Waals surface area contributed by atoms with Gasteiger partial charge < -0.3 is 9.29 Å². The van der Waals surface area contributed by atoms with Crippen molar-refractivity contribution in [3.05, 3.63) is 29.3 Å². The smallest absolute Gasteiger partial charge is 0.748 e. The van der Waals surface area contributed by atoms with E-state index in [9.17, 15) is 13.0 Å². The quantitative estimate of drug-likeness (QED) is 0.135. The van der Waals surface area contributed by atoms with Gasteiger partial charge in [0, 0.05) is 5.25 Å². The van der Waals surface area contributed by atoms with Crippen molar-refractivity contribution in [3.63, 3.8) is 0 Å². The predicted octanol–water partition coefficient (Wildman–Crippen LogP) is 4.98. The van der Waals surface area contributed by atoms with E-state index >= 15 is 0 Å². The van der Waals surface area contributed by atoms with Crippen molar-refractivity contribution >= 4 is 10.1 Å². The van der Waals surface area contributed by atoms with Crippen LogP contribution in [-0.2, 0) is 23.0 Å². The largest absolute Gasteiger partial charge is 1.00 e. The molecule has 0 bridgehead atoms. The third-order valence-electron chi connectivity index (χ3n) is 6.58. The van der Waals surface area contributed by atoms with Gasteiger partial charge in [0.1, 0.15) is 5.75 Å². The zero-order valence-corrected chi connectivity index (χ0v) is 25.4. The Hall–Kier alpha value is -0.0700. The van der Waals surface area contributed by atoms with Crippen molar-refractivity contribution in [1.82, 2.24) is 0 Å². The van der Waals surface area contributed by atoms with E-state index in [2.05, 4.69) is 19.9 Å². The van der Waals surface area contributed by atoms with Gasteiger partial charge in [0.15, 0.2) is 0 Å². The molecule has 4 nitrogen and oxygen atoms in total. The summed E-state index contributed by atoms with van der Waals surface area (Å²) in [5.74, 6) is 0.872. The molecule has 6 heteroatoms. The normalized spacial score (nSPS) is 12.4. The fraction of sp³-hybridized carbons (Fsp3) is 0.786. The van der Waals surface area contributed by atoms with Gasteiger partial charge in [-0.1, -0.05) is 103 Å². The van der Waals surface area contributed by atoms with E-state index in [1.165, 1.54) is 102 Å². The molecule has 1 rings (SSSR count). The van der Waals surface area contributed by atoms with Gasteiger partial charge in [0.05, 0.1) is 16.7 Å². The SMILES string of the molecule is CCCCCCCCCc1cccc(OCCC(C)S(=O)(=O)[O-])c1CCCCCCCCC.[Na+]. The minimum Gasteiger partial charge on any atom is -0.748 e. The molecular weight excluding hydrogens is 455 g/mol. The number of unbranched alkanes of at least 4 members (excludes halogenated alkanes) is 12. The number of hydrogen-bond acceptors (Lipinski definition) is 4. The topological polar surface area (TPSA) is 66.4 Å². The molecule has 192 valence electrons. The maximum absolute atomic E-state index is 11.2. The van der Waals surface area contributed by atoms with Crippen molar-refractivity contribution in [1.29, 1.82) is 0 Å². The van der Waals surface area contributed by atoms with Crippen LogP contribution in [0, 0.1) is 0 Å². The van der Waals surface area contributed by atoms with Crippen molar-refractivity contribution < 1.29 is 47.3 Å². The van der Waals surface area contributed by atoms with Crippen LogP contribution >= 0.6 is 0 Å². The number of benzene rings is 1. The second-order valence-corrected chi connectivity index (χ2v) is 11.4. The van der Waals surface area contributed by atoms with E-state index in [0.717, 1.165) is 25.0 Å². The Morgan fingerprint density at radius 1 is 0.794 bits per heavy atom. The number of ether oxygens (including phenoxy) is 1. The molecule has 34 heavy (non-hydrogen) atoms. The summed E-state index contributed by atoms with van der Waals surface area (Å²) >= 11 is 0. The number of hydrogen-bond donors (Lipinski definition) is 0. The molecule has 1 aromatic carbocycles. The molecule has 0 saturated carbocycles. The average molecular weight is 505 g/mol. The Balaban J connectivity index is 0.0000109. The van der Waals surface area contributed by atoms with E-state index in [0.29, 0.717) is 0 Å². The maximum atomic E-state index is 11.2. The van der Waals surface area contributed by atoms with Crippen molar-refractivity contribution in [3.8, 4) is 5.75 Å². The van der Waals surface area contributed by atoms with E-state index in [1.807, 2.05) is 12.1 Å². The molecule has 0 aliphatic carbocycles. The van der Waals surface area contributed by atoms with Crippen LogP contribution in [0.15, 0.2) is 18.2 Å². The predicted molar refractivity (Wildman–Crippen MR) is 139 cm³/mol. The van der Waals surface area contributed by atoms with Gasteiger partial charge in [-0.3, -0.25) is 0 Å². The van der Waals surface area contributed by atoms with Gasteiger partial charge in [0.25, 0.3) is 0 Å². The molecule has 1 atom stereocenters. The minimum absolute atomic E-state index is 0. The van der Waals surface area contributed by atoms with Crippen LogP contribution in [0.1, 0.15) is 128 Å². The summed E-state index contributed by atoms with van der Waals surface area (Å²) in [5, 5.41) is -0.917. The van der Waals surface area contributed by atoms with Crippen LogP contribution in [0.25, 0.3) is 0 Å². The van der Waals surface area contributed by atoms with Gasteiger partial charge in [-0.2, -0.15) is 0 Å². The van der Waals surface area contributed by atoms with Crippen LogP contribution in [0.4, 0.5) is 0 Å². The summed E-state index contributed by atoms with van der Waals surface area (Å²) in [6.07, 6.45) is 20.3. The van der Waals surface area contributed by atoms with Crippen molar-refractivity contribution in [2.24, 2.45) is 0 Å². The van der Waals surface area contributed by atoms with Crippen LogP contribution in [0.5, 0.6) is 5.75 Å². The standard InChI is InChI=1S/C28H50O4S.Na/c1-4-6-8-10-12-14-16-19-26-20-18-22-28(32-24-23-25(3)33(29,30)31)27(26)21-17-15-13-11-9-7-5-2;/h18,20,22,25H,4-17,19,21,23-24H2,1-3H3,(H,29,30,31);/q;+1/p-1. The molecule has 0 N–H and O–H groups in total. The Bertz CT molecular complexity index is 721. The van der Waals surface area contributed by atoms with Gasteiger partial charge in [0.2, 0.25) is 0 Å². The molecule has 0 saturated heterocycles. The molecule has 0 aliphatic heterocycles. The molecule has 0 fully saturated rings. The molecule has 0 spiro atoms. The van der Waals surface area contributed by atoms with Crippen LogP contribution in [0.3, 0.4) is 0 Å². The molecule has 0 aliphatic rings. The van der Waals surface area contributed by atoms with Gasteiger partial charge in [-0.25, -0.2) is 8.42 Å². The van der Waals surface area contributed by atoms with E-state index < -0.39 is 15.4 Å². The molecule has 0 amide bonds. The Kier molecular flexibility index (Phi) is 21.0. The van der Waals surface area contributed by atoms with Gasteiger partial charge in [-0.05, 0) is 56.2 Å². The first-order valence-corrected chi connectivity index (χ1v) is 15.1.